The van der Waals surface area contributed by atoms with Crippen LogP contribution in [0.1, 0.15) is 49.6 Å². The number of aromatic nitrogens is 1. The monoisotopic (exact) mass is 383 g/mol. The predicted octanol–water partition coefficient (Wildman–Crippen LogP) is 2.56. The van der Waals surface area contributed by atoms with E-state index < -0.39 is 0 Å². The molecule has 1 saturated carbocycles. The molecule has 2 aromatic rings. The summed E-state index contributed by atoms with van der Waals surface area (Å²) in [7, 11) is 0. The van der Waals surface area contributed by atoms with Crippen molar-refractivity contribution < 1.29 is 18.8 Å². The molecule has 2 amide bonds. The van der Waals surface area contributed by atoms with Crippen molar-refractivity contribution in [2.75, 3.05) is 19.6 Å². The van der Waals surface area contributed by atoms with Crippen molar-refractivity contribution in [1.82, 2.24) is 15.2 Å². The standard InChI is InChI=1S/C21H25N3O4/c1-14(25)2-3-19(26)24-8-5-21(6-9-24)11-16(21)12-23-20(27)17-10-15-4-7-22-13-18(15)28-17/h4,7,10,13,16H,2-3,5-6,8-9,11-12H2,1H3,(H,23,27). The fourth-order valence-electron chi connectivity index (χ4n) is 4.27. The number of fused-ring (bicyclic) bond motifs is 1. The summed E-state index contributed by atoms with van der Waals surface area (Å²) in [6, 6.07) is 3.55. The van der Waals surface area contributed by atoms with E-state index in [2.05, 4.69) is 10.3 Å². The summed E-state index contributed by atoms with van der Waals surface area (Å²) in [4.78, 5) is 41.5. The first-order valence-corrected chi connectivity index (χ1v) is 9.86. The molecule has 3 heterocycles. The summed E-state index contributed by atoms with van der Waals surface area (Å²) in [5.74, 6) is 0.700. The summed E-state index contributed by atoms with van der Waals surface area (Å²) in [5.41, 5.74) is 0.861. The lowest BCUT2D eigenvalue weighted by atomic mass is 9.90. The Bertz CT molecular complexity index is 878. The van der Waals surface area contributed by atoms with Crippen molar-refractivity contribution in [2.24, 2.45) is 11.3 Å². The molecule has 148 valence electrons. The van der Waals surface area contributed by atoms with Gasteiger partial charge in [-0.3, -0.25) is 14.6 Å². The molecular formula is C21H25N3O4. The number of carbonyl (C=O) groups excluding carboxylic acids is 3. The molecule has 2 fully saturated rings. The van der Waals surface area contributed by atoms with Crippen LogP contribution in [0.2, 0.25) is 0 Å². The molecule has 2 aromatic heterocycles. The lowest BCUT2D eigenvalue weighted by Crippen LogP contribution is -2.40. The number of rotatable bonds is 6. The second-order valence-electron chi connectivity index (χ2n) is 8.08. The number of pyridine rings is 1. The average Bonchev–Trinajstić information content (AvgIpc) is 3.17. The minimum Gasteiger partial charge on any atom is -0.449 e. The molecule has 2 aliphatic rings. The van der Waals surface area contributed by atoms with Gasteiger partial charge in [0.15, 0.2) is 11.3 Å². The van der Waals surface area contributed by atoms with Gasteiger partial charge < -0.3 is 19.4 Å². The number of nitrogens with one attached hydrogen (secondary N) is 1. The molecule has 7 nitrogen and oxygen atoms in total. The van der Waals surface area contributed by atoms with Crippen LogP contribution in [0.3, 0.4) is 0 Å². The van der Waals surface area contributed by atoms with Crippen LogP contribution in [0.4, 0.5) is 0 Å². The minimum atomic E-state index is -0.199. The Balaban J connectivity index is 1.24. The van der Waals surface area contributed by atoms with Gasteiger partial charge in [0.25, 0.3) is 5.91 Å². The molecule has 28 heavy (non-hydrogen) atoms. The van der Waals surface area contributed by atoms with E-state index in [4.69, 9.17) is 4.42 Å². The van der Waals surface area contributed by atoms with Crippen LogP contribution in [0.25, 0.3) is 11.0 Å². The highest BCUT2D eigenvalue weighted by Crippen LogP contribution is 2.59. The fourth-order valence-corrected chi connectivity index (χ4v) is 4.27. The highest BCUT2D eigenvalue weighted by molar-refractivity contribution is 5.95. The largest absolute Gasteiger partial charge is 0.449 e. The Kier molecular flexibility index (Phi) is 4.91. The van der Waals surface area contributed by atoms with Gasteiger partial charge in [-0.1, -0.05) is 0 Å². The molecular weight excluding hydrogens is 358 g/mol. The maximum Gasteiger partial charge on any atom is 0.287 e. The molecule has 0 radical (unpaired) electrons. The van der Waals surface area contributed by atoms with Crippen LogP contribution in [-0.2, 0) is 9.59 Å². The van der Waals surface area contributed by atoms with E-state index >= 15 is 0 Å². The van der Waals surface area contributed by atoms with Gasteiger partial charge in [0.05, 0.1) is 6.20 Å². The van der Waals surface area contributed by atoms with Crippen LogP contribution in [-0.4, -0.2) is 47.1 Å². The van der Waals surface area contributed by atoms with Crippen LogP contribution in [0.5, 0.6) is 0 Å². The molecule has 4 rings (SSSR count). The van der Waals surface area contributed by atoms with E-state index in [0.717, 1.165) is 37.7 Å². The summed E-state index contributed by atoms with van der Waals surface area (Å²) >= 11 is 0. The van der Waals surface area contributed by atoms with Crippen molar-refractivity contribution in [3.8, 4) is 0 Å². The first-order valence-electron chi connectivity index (χ1n) is 9.86. The van der Waals surface area contributed by atoms with Crippen molar-refractivity contribution in [2.45, 2.75) is 39.0 Å². The fraction of sp³-hybridized carbons (Fsp3) is 0.524. The highest BCUT2D eigenvalue weighted by Gasteiger charge is 2.54. The topological polar surface area (TPSA) is 92.5 Å². The zero-order chi connectivity index (χ0) is 19.7. The van der Waals surface area contributed by atoms with Gasteiger partial charge in [0.2, 0.25) is 5.91 Å². The number of carbonyl (C=O) groups is 3. The number of hydrogen-bond donors (Lipinski definition) is 1. The van der Waals surface area contributed by atoms with Crippen molar-refractivity contribution >= 4 is 28.6 Å². The molecule has 1 aliphatic heterocycles. The summed E-state index contributed by atoms with van der Waals surface area (Å²) < 4.78 is 5.56. The van der Waals surface area contributed by atoms with E-state index in [1.165, 1.54) is 6.92 Å². The van der Waals surface area contributed by atoms with Crippen molar-refractivity contribution in [1.29, 1.82) is 0 Å². The number of ketones is 1. The van der Waals surface area contributed by atoms with Gasteiger partial charge >= 0.3 is 0 Å². The number of piperidine rings is 1. The number of furan rings is 1. The van der Waals surface area contributed by atoms with Crippen LogP contribution < -0.4 is 5.32 Å². The minimum absolute atomic E-state index is 0.0561. The second-order valence-corrected chi connectivity index (χ2v) is 8.08. The first kappa shape index (κ1) is 18.7. The van der Waals surface area contributed by atoms with E-state index in [1.807, 2.05) is 11.0 Å². The van der Waals surface area contributed by atoms with Gasteiger partial charge in [-0.05, 0) is 49.7 Å². The Morgan fingerprint density at radius 1 is 1.29 bits per heavy atom. The zero-order valence-corrected chi connectivity index (χ0v) is 16.1. The van der Waals surface area contributed by atoms with E-state index in [9.17, 15) is 14.4 Å². The molecule has 0 aromatic carbocycles. The van der Waals surface area contributed by atoms with E-state index in [0.29, 0.717) is 36.6 Å². The number of nitrogens with zero attached hydrogens (tertiary/aromatic N) is 2. The number of amides is 2. The summed E-state index contributed by atoms with van der Waals surface area (Å²) in [6.45, 7) is 3.64. The highest BCUT2D eigenvalue weighted by atomic mass is 16.3. The van der Waals surface area contributed by atoms with Gasteiger partial charge in [0, 0.05) is 44.1 Å². The maximum atomic E-state index is 12.4. The molecule has 0 bridgehead atoms. The number of Topliss-reactive ketones (excluding diaryl/α,β-unsaturated/α-hetero) is 1. The third kappa shape index (κ3) is 3.79. The van der Waals surface area contributed by atoms with Crippen LogP contribution in [0.15, 0.2) is 28.9 Å². The average molecular weight is 383 g/mol. The zero-order valence-electron chi connectivity index (χ0n) is 16.1. The van der Waals surface area contributed by atoms with Crippen LogP contribution >= 0.6 is 0 Å². The van der Waals surface area contributed by atoms with E-state index in [1.54, 1.807) is 18.5 Å². The third-order valence-electron chi connectivity index (χ3n) is 6.22. The lowest BCUT2D eigenvalue weighted by molar-refractivity contribution is -0.134. The molecule has 1 aliphatic carbocycles. The smallest absolute Gasteiger partial charge is 0.287 e. The molecule has 1 N–H and O–H groups in total. The molecule has 1 atom stereocenters. The van der Waals surface area contributed by atoms with Crippen molar-refractivity contribution in [3.63, 3.8) is 0 Å². The Hall–Kier alpha value is -2.70. The van der Waals surface area contributed by atoms with E-state index in [-0.39, 0.29) is 23.0 Å². The summed E-state index contributed by atoms with van der Waals surface area (Å²) in [5, 5.41) is 3.85. The van der Waals surface area contributed by atoms with Gasteiger partial charge in [-0.15, -0.1) is 0 Å². The van der Waals surface area contributed by atoms with Gasteiger partial charge in [-0.2, -0.15) is 0 Å². The summed E-state index contributed by atoms with van der Waals surface area (Å²) in [6.07, 6.45) is 6.94. The Morgan fingerprint density at radius 2 is 2.07 bits per heavy atom. The predicted molar refractivity (Wildman–Crippen MR) is 103 cm³/mol. The van der Waals surface area contributed by atoms with Crippen LogP contribution in [0, 0.1) is 11.3 Å². The quantitative estimate of drug-likeness (QED) is 0.828. The van der Waals surface area contributed by atoms with Gasteiger partial charge in [-0.25, -0.2) is 0 Å². The normalized spacial score (nSPS) is 20.3. The van der Waals surface area contributed by atoms with Gasteiger partial charge in [0.1, 0.15) is 5.78 Å². The van der Waals surface area contributed by atoms with Crippen molar-refractivity contribution in [3.05, 3.63) is 30.3 Å². The SMILES string of the molecule is CC(=O)CCC(=O)N1CCC2(CC1)CC2CNC(=O)c1cc2ccncc2o1. The Labute approximate surface area is 163 Å². The molecule has 1 unspecified atom stereocenters. The molecule has 7 heteroatoms. The molecule has 1 saturated heterocycles. The second kappa shape index (κ2) is 7.37. The lowest BCUT2D eigenvalue weighted by Gasteiger charge is -2.33. The first-order chi connectivity index (χ1) is 13.5. The Morgan fingerprint density at radius 3 is 2.79 bits per heavy atom. The molecule has 1 spiro atoms. The maximum absolute atomic E-state index is 12.4. The third-order valence-corrected chi connectivity index (χ3v) is 6.22. The number of hydrogen-bond acceptors (Lipinski definition) is 5. The number of likely N-dealkylation sites (tertiary alicyclic amines) is 1.